The van der Waals surface area contributed by atoms with Crippen LogP contribution in [-0.4, -0.2) is 43.7 Å². The molecule has 0 saturated carbocycles. The fourth-order valence-corrected chi connectivity index (χ4v) is 4.96. The van der Waals surface area contributed by atoms with Gasteiger partial charge in [0.25, 0.3) is 5.91 Å². The van der Waals surface area contributed by atoms with E-state index in [-0.39, 0.29) is 30.1 Å². The van der Waals surface area contributed by atoms with Crippen molar-refractivity contribution in [3.8, 4) is 5.75 Å². The van der Waals surface area contributed by atoms with Gasteiger partial charge in [-0.1, -0.05) is 36.8 Å². The topological polar surface area (TPSA) is 143 Å². The molecule has 4 aromatic rings. The molecule has 0 aliphatic carbocycles. The van der Waals surface area contributed by atoms with Crippen molar-refractivity contribution in [2.75, 3.05) is 11.9 Å². The van der Waals surface area contributed by atoms with Crippen LogP contribution in [0.25, 0.3) is 11.0 Å². The van der Waals surface area contributed by atoms with E-state index < -0.39 is 5.91 Å². The third kappa shape index (κ3) is 5.68. The molecule has 1 atom stereocenters. The number of nitrogens with two attached hydrogens (primary N) is 1. The van der Waals surface area contributed by atoms with Gasteiger partial charge in [-0.05, 0) is 50.5 Å². The largest absolute Gasteiger partial charge is 0.489 e. The highest BCUT2D eigenvalue weighted by atomic mass is 16.5. The maximum atomic E-state index is 13.3. The molecule has 1 aliphatic rings. The minimum absolute atomic E-state index is 0.148. The van der Waals surface area contributed by atoms with E-state index in [0.29, 0.717) is 60.8 Å². The van der Waals surface area contributed by atoms with Gasteiger partial charge in [0.1, 0.15) is 30.2 Å². The number of anilines is 1. The number of aryl methyl sites for hydroxylation is 2. The number of hydrogen-bond donors (Lipinski definition) is 2. The van der Waals surface area contributed by atoms with Crippen LogP contribution in [0.2, 0.25) is 0 Å². The molecule has 0 spiro atoms. The lowest BCUT2D eigenvalue weighted by Crippen LogP contribution is -2.26. The molecule has 11 heteroatoms. The van der Waals surface area contributed by atoms with Crippen LogP contribution in [0.3, 0.4) is 0 Å². The molecule has 0 saturated heterocycles. The predicted molar refractivity (Wildman–Crippen MR) is 148 cm³/mol. The molecule has 3 N–H and O–H groups in total. The van der Waals surface area contributed by atoms with Crippen molar-refractivity contribution in [2.45, 2.75) is 58.7 Å². The van der Waals surface area contributed by atoms with Crippen molar-refractivity contribution < 1.29 is 23.9 Å². The SMILES string of the molecule is CCn1nc(C)cc1C(=O)Nc1nc2cc(C(N)=O)cc3c2n1[C@@H](CCCCC(=O)OCc1ccccc1)CO3. The van der Waals surface area contributed by atoms with Crippen molar-refractivity contribution in [2.24, 2.45) is 5.73 Å². The van der Waals surface area contributed by atoms with Crippen LogP contribution in [0.15, 0.2) is 48.5 Å². The number of esters is 1. The van der Waals surface area contributed by atoms with Gasteiger partial charge in [0, 0.05) is 18.5 Å². The maximum absolute atomic E-state index is 13.3. The Morgan fingerprint density at radius 3 is 2.70 bits per heavy atom. The first-order valence-electron chi connectivity index (χ1n) is 13.4. The highest BCUT2D eigenvalue weighted by molar-refractivity contribution is 6.04. The lowest BCUT2D eigenvalue weighted by atomic mass is 10.1. The molecule has 208 valence electrons. The van der Waals surface area contributed by atoms with Gasteiger partial charge in [-0.3, -0.25) is 24.4 Å². The number of imidazole rings is 1. The first kappa shape index (κ1) is 26.9. The zero-order valence-corrected chi connectivity index (χ0v) is 22.6. The van der Waals surface area contributed by atoms with Gasteiger partial charge in [0.15, 0.2) is 0 Å². The average Bonchev–Trinajstić information content (AvgIpc) is 3.52. The number of carbonyl (C=O) groups excluding carboxylic acids is 3. The van der Waals surface area contributed by atoms with E-state index >= 15 is 0 Å². The number of primary amides is 1. The van der Waals surface area contributed by atoms with Crippen LogP contribution in [0.4, 0.5) is 5.95 Å². The van der Waals surface area contributed by atoms with E-state index in [1.807, 2.05) is 48.7 Å². The molecule has 2 amide bonds. The third-order valence-electron chi connectivity index (χ3n) is 6.90. The second-order valence-electron chi connectivity index (χ2n) is 9.81. The lowest BCUT2D eigenvalue weighted by Gasteiger charge is -2.27. The van der Waals surface area contributed by atoms with Gasteiger partial charge in [-0.25, -0.2) is 4.98 Å². The van der Waals surface area contributed by atoms with Crippen molar-refractivity contribution in [3.63, 3.8) is 0 Å². The summed E-state index contributed by atoms with van der Waals surface area (Å²) in [5.41, 5.74) is 9.09. The van der Waals surface area contributed by atoms with Crippen LogP contribution < -0.4 is 15.8 Å². The lowest BCUT2D eigenvalue weighted by molar-refractivity contribution is -0.145. The molecule has 0 bridgehead atoms. The Morgan fingerprint density at radius 2 is 1.95 bits per heavy atom. The van der Waals surface area contributed by atoms with Crippen molar-refractivity contribution >= 4 is 34.8 Å². The Bertz CT molecular complexity index is 1560. The first-order valence-corrected chi connectivity index (χ1v) is 13.4. The highest BCUT2D eigenvalue weighted by Gasteiger charge is 2.29. The van der Waals surface area contributed by atoms with Crippen LogP contribution in [0.5, 0.6) is 5.75 Å². The number of ether oxygens (including phenoxy) is 2. The normalized spacial score (nSPS) is 14.1. The Balaban J connectivity index is 1.32. The Kier molecular flexibility index (Phi) is 7.81. The summed E-state index contributed by atoms with van der Waals surface area (Å²) >= 11 is 0. The van der Waals surface area contributed by atoms with E-state index in [4.69, 9.17) is 15.2 Å². The summed E-state index contributed by atoms with van der Waals surface area (Å²) in [5.74, 6) is -0.342. The monoisotopic (exact) mass is 544 g/mol. The van der Waals surface area contributed by atoms with Crippen LogP contribution in [0.1, 0.15) is 70.8 Å². The van der Waals surface area contributed by atoms with Gasteiger partial charge in [0.05, 0.1) is 17.3 Å². The summed E-state index contributed by atoms with van der Waals surface area (Å²) in [6.45, 7) is 4.86. The maximum Gasteiger partial charge on any atom is 0.306 e. The molecule has 2 aromatic heterocycles. The van der Waals surface area contributed by atoms with Crippen molar-refractivity contribution in [1.29, 1.82) is 0 Å². The van der Waals surface area contributed by atoms with E-state index in [1.54, 1.807) is 22.9 Å². The number of unbranched alkanes of at least 4 members (excludes halogenated alkanes) is 1. The van der Waals surface area contributed by atoms with Crippen LogP contribution in [-0.2, 0) is 22.7 Å². The fourth-order valence-electron chi connectivity index (χ4n) is 4.96. The summed E-state index contributed by atoms with van der Waals surface area (Å²) in [7, 11) is 0. The Hall–Kier alpha value is -4.67. The van der Waals surface area contributed by atoms with Gasteiger partial charge in [0.2, 0.25) is 11.9 Å². The molecule has 40 heavy (non-hydrogen) atoms. The van der Waals surface area contributed by atoms with Crippen molar-refractivity contribution in [3.05, 3.63) is 71.0 Å². The number of benzene rings is 2. The zero-order valence-electron chi connectivity index (χ0n) is 22.6. The molecule has 0 radical (unpaired) electrons. The number of carbonyl (C=O) groups is 3. The third-order valence-corrected chi connectivity index (χ3v) is 6.90. The number of amides is 2. The average molecular weight is 545 g/mol. The molecule has 11 nitrogen and oxygen atoms in total. The highest BCUT2D eigenvalue weighted by Crippen LogP contribution is 2.38. The predicted octanol–water partition coefficient (Wildman–Crippen LogP) is 4.15. The first-order chi connectivity index (χ1) is 19.3. The fraction of sp³-hybridized carbons (Fsp3) is 0.345. The van der Waals surface area contributed by atoms with Gasteiger partial charge < -0.3 is 19.8 Å². The molecular formula is C29H32N6O5. The molecule has 0 unspecified atom stereocenters. The number of hydrogen-bond acceptors (Lipinski definition) is 7. The van der Waals surface area contributed by atoms with Crippen molar-refractivity contribution in [1.82, 2.24) is 19.3 Å². The molecule has 1 aliphatic heterocycles. The Labute approximate surface area is 231 Å². The second-order valence-corrected chi connectivity index (χ2v) is 9.81. The molecule has 0 fully saturated rings. The summed E-state index contributed by atoms with van der Waals surface area (Å²) in [6, 6.07) is 14.3. The summed E-state index contributed by atoms with van der Waals surface area (Å²) in [5, 5.41) is 7.30. The summed E-state index contributed by atoms with van der Waals surface area (Å²) < 4.78 is 15.0. The van der Waals surface area contributed by atoms with E-state index in [9.17, 15) is 14.4 Å². The minimum Gasteiger partial charge on any atom is -0.489 e. The smallest absolute Gasteiger partial charge is 0.306 e. The number of rotatable bonds is 11. The van der Waals surface area contributed by atoms with Gasteiger partial charge in [-0.2, -0.15) is 5.10 Å². The van der Waals surface area contributed by atoms with Gasteiger partial charge >= 0.3 is 5.97 Å². The Morgan fingerprint density at radius 1 is 1.15 bits per heavy atom. The molecule has 2 aromatic carbocycles. The minimum atomic E-state index is -0.592. The van der Waals surface area contributed by atoms with E-state index in [2.05, 4.69) is 15.4 Å². The van der Waals surface area contributed by atoms with Crippen LogP contribution in [0, 0.1) is 6.92 Å². The van der Waals surface area contributed by atoms with E-state index in [0.717, 1.165) is 17.7 Å². The summed E-state index contributed by atoms with van der Waals surface area (Å²) in [6.07, 6.45) is 2.37. The number of aromatic nitrogens is 4. The molecule has 3 heterocycles. The second kappa shape index (κ2) is 11.6. The summed E-state index contributed by atoms with van der Waals surface area (Å²) in [4.78, 5) is 42.0. The van der Waals surface area contributed by atoms with Crippen LogP contribution >= 0.6 is 0 Å². The zero-order chi connectivity index (χ0) is 28.2. The quantitative estimate of drug-likeness (QED) is 0.213. The van der Waals surface area contributed by atoms with E-state index in [1.165, 1.54) is 0 Å². The van der Waals surface area contributed by atoms with Gasteiger partial charge in [-0.15, -0.1) is 0 Å². The standard InChI is InChI=1S/C29H32N6O5/c1-3-34-23(13-18(2)33-34)28(38)32-29-31-22-14-20(27(30)37)15-24-26(22)35(29)21(17-39-24)11-7-8-12-25(36)40-16-19-9-5-4-6-10-19/h4-6,9-10,13-15,21H,3,7-8,11-12,16-17H2,1-2H3,(H2,30,37)(H,31,32,38)/t21-/m0/s1. The molecule has 5 rings (SSSR count). The number of nitrogens with one attached hydrogen (secondary N) is 1. The number of nitrogens with zero attached hydrogens (tertiary/aromatic N) is 4. The molecular weight excluding hydrogens is 512 g/mol.